The van der Waals surface area contributed by atoms with Crippen LogP contribution in [0.1, 0.15) is 12.5 Å². The van der Waals surface area contributed by atoms with Crippen molar-refractivity contribution in [2.45, 2.75) is 13.5 Å². The van der Waals surface area contributed by atoms with Crippen molar-refractivity contribution in [2.24, 2.45) is 0 Å². The number of nitrogens with zero attached hydrogens (tertiary/aromatic N) is 1. The van der Waals surface area contributed by atoms with Crippen molar-refractivity contribution in [2.75, 3.05) is 6.61 Å². The van der Waals surface area contributed by atoms with E-state index >= 15 is 0 Å². The highest BCUT2D eigenvalue weighted by molar-refractivity contribution is 6.32. The van der Waals surface area contributed by atoms with Crippen LogP contribution in [0.25, 0.3) is 0 Å². The van der Waals surface area contributed by atoms with Crippen molar-refractivity contribution in [3.8, 4) is 29.3 Å². The molecule has 0 radical (unpaired) electrons. The second-order valence-corrected chi connectivity index (χ2v) is 4.67. The average molecular weight is 320 g/mol. The maximum Gasteiger partial charge on any atom is 0.292 e. The van der Waals surface area contributed by atoms with Crippen LogP contribution in [0.5, 0.6) is 23.0 Å². The second-order valence-electron chi connectivity index (χ2n) is 4.26. The highest BCUT2D eigenvalue weighted by Crippen LogP contribution is 2.33. The fraction of sp³-hybridized carbons (Fsp3) is 0.188. The van der Waals surface area contributed by atoms with E-state index in [1.165, 1.54) is 12.1 Å². The van der Waals surface area contributed by atoms with Gasteiger partial charge in [-0.15, -0.1) is 5.26 Å². The molecule has 2 aromatic carbocycles. The molecule has 0 aromatic heterocycles. The fourth-order valence-corrected chi connectivity index (χ4v) is 2.11. The van der Waals surface area contributed by atoms with E-state index in [4.69, 9.17) is 31.1 Å². The van der Waals surface area contributed by atoms with Gasteiger partial charge in [-0.1, -0.05) is 17.7 Å². The molecule has 1 N–H and O–H groups in total. The van der Waals surface area contributed by atoms with Crippen LogP contribution in [0.2, 0.25) is 5.02 Å². The second kappa shape index (κ2) is 7.43. The Hall–Kier alpha value is -2.58. The fourth-order valence-electron chi connectivity index (χ4n) is 1.88. The standard InChI is InChI=1S/C16H14ClNO4/c1-2-20-14-4-3-5-15(22-10-18)12(14)9-21-16-7-6-11(19)8-13(16)17/h3-8,19H,2,9H2,1H3. The van der Waals surface area contributed by atoms with Crippen LogP contribution in [0, 0.1) is 11.5 Å². The first-order valence-corrected chi connectivity index (χ1v) is 6.95. The maximum atomic E-state index is 9.33. The third kappa shape index (κ3) is 3.74. The minimum atomic E-state index is 0.0561. The number of ether oxygens (including phenoxy) is 3. The molecular formula is C16H14ClNO4. The van der Waals surface area contributed by atoms with Gasteiger partial charge in [-0.05, 0) is 31.2 Å². The Labute approximate surface area is 133 Å². The Balaban J connectivity index is 2.25. The molecule has 0 amide bonds. The van der Waals surface area contributed by atoms with Gasteiger partial charge in [-0.25, -0.2) is 0 Å². The van der Waals surface area contributed by atoms with Gasteiger partial charge in [0.1, 0.15) is 23.9 Å². The van der Waals surface area contributed by atoms with Crippen LogP contribution in [0.3, 0.4) is 0 Å². The minimum absolute atomic E-state index is 0.0561. The number of hydrogen-bond acceptors (Lipinski definition) is 5. The first-order valence-electron chi connectivity index (χ1n) is 6.57. The molecule has 22 heavy (non-hydrogen) atoms. The van der Waals surface area contributed by atoms with E-state index in [0.717, 1.165) is 0 Å². The molecular weight excluding hydrogens is 306 g/mol. The highest BCUT2D eigenvalue weighted by Gasteiger charge is 2.13. The molecule has 0 saturated heterocycles. The molecule has 6 heteroatoms. The lowest BCUT2D eigenvalue weighted by Gasteiger charge is -2.14. The summed E-state index contributed by atoms with van der Waals surface area (Å²) >= 11 is 6.00. The zero-order valence-corrected chi connectivity index (χ0v) is 12.6. The number of nitriles is 1. The monoisotopic (exact) mass is 319 g/mol. The summed E-state index contributed by atoms with van der Waals surface area (Å²) in [7, 11) is 0. The zero-order valence-electron chi connectivity index (χ0n) is 11.9. The van der Waals surface area contributed by atoms with E-state index in [9.17, 15) is 5.11 Å². The van der Waals surface area contributed by atoms with E-state index < -0.39 is 0 Å². The van der Waals surface area contributed by atoms with E-state index in [1.807, 2.05) is 6.92 Å². The predicted octanol–water partition coefficient (Wildman–Crippen LogP) is 3.88. The number of hydrogen-bond donors (Lipinski definition) is 1. The molecule has 0 fully saturated rings. The number of aromatic hydroxyl groups is 1. The largest absolute Gasteiger partial charge is 0.508 e. The Bertz CT molecular complexity index is 697. The van der Waals surface area contributed by atoms with Gasteiger partial charge in [0.05, 0.1) is 17.2 Å². The molecule has 0 bridgehead atoms. The lowest BCUT2D eigenvalue weighted by Crippen LogP contribution is -2.03. The molecule has 0 atom stereocenters. The molecule has 5 nitrogen and oxygen atoms in total. The zero-order chi connectivity index (χ0) is 15.9. The first kappa shape index (κ1) is 15.8. The normalized spacial score (nSPS) is 9.86. The lowest BCUT2D eigenvalue weighted by atomic mass is 10.2. The molecule has 114 valence electrons. The lowest BCUT2D eigenvalue weighted by molar-refractivity contribution is 0.280. The van der Waals surface area contributed by atoms with Crippen molar-refractivity contribution in [1.29, 1.82) is 5.26 Å². The van der Waals surface area contributed by atoms with Gasteiger partial charge in [-0.2, -0.15) is 0 Å². The summed E-state index contributed by atoms with van der Waals surface area (Å²) in [5.74, 6) is 1.41. The molecule has 0 spiro atoms. The number of phenolic OH excluding ortho intramolecular Hbond substituents is 1. The topological polar surface area (TPSA) is 71.7 Å². The van der Waals surface area contributed by atoms with E-state index in [0.29, 0.717) is 29.4 Å². The molecule has 0 aliphatic heterocycles. The van der Waals surface area contributed by atoms with Crippen molar-refractivity contribution in [1.82, 2.24) is 0 Å². The molecule has 0 aliphatic carbocycles. The predicted molar refractivity (Wildman–Crippen MR) is 81.3 cm³/mol. The molecule has 2 aromatic rings. The van der Waals surface area contributed by atoms with Crippen LogP contribution in [-0.4, -0.2) is 11.7 Å². The quantitative estimate of drug-likeness (QED) is 0.818. The minimum Gasteiger partial charge on any atom is -0.508 e. The third-order valence-corrected chi connectivity index (χ3v) is 3.13. The van der Waals surface area contributed by atoms with Crippen LogP contribution < -0.4 is 14.2 Å². The highest BCUT2D eigenvalue weighted by atomic mass is 35.5. The molecule has 0 heterocycles. The van der Waals surface area contributed by atoms with Crippen molar-refractivity contribution >= 4 is 11.6 Å². The van der Waals surface area contributed by atoms with Crippen LogP contribution in [-0.2, 0) is 6.61 Å². The van der Waals surface area contributed by atoms with Gasteiger partial charge in [0.15, 0.2) is 5.75 Å². The van der Waals surface area contributed by atoms with Crippen molar-refractivity contribution in [3.05, 3.63) is 47.0 Å². The van der Waals surface area contributed by atoms with Gasteiger partial charge < -0.3 is 19.3 Å². The molecule has 0 saturated carbocycles. The van der Waals surface area contributed by atoms with E-state index in [1.54, 1.807) is 30.5 Å². The van der Waals surface area contributed by atoms with Gasteiger partial charge >= 0.3 is 0 Å². The summed E-state index contributed by atoms with van der Waals surface area (Å²) in [4.78, 5) is 0. The summed E-state index contributed by atoms with van der Waals surface area (Å²) in [5.41, 5.74) is 0.607. The van der Waals surface area contributed by atoms with E-state index in [-0.39, 0.29) is 17.4 Å². The van der Waals surface area contributed by atoms with Crippen LogP contribution >= 0.6 is 11.6 Å². The summed E-state index contributed by atoms with van der Waals surface area (Å²) in [6, 6.07) is 9.58. The summed E-state index contributed by atoms with van der Waals surface area (Å²) in [5, 5.41) is 18.3. The van der Waals surface area contributed by atoms with Crippen LogP contribution in [0.4, 0.5) is 0 Å². The van der Waals surface area contributed by atoms with Gasteiger partial charge in [0, 0.05) is 6.07 Å². The number of halogens is 1. The summed E-state index contributed by atoms with van der Waals surface area (Å²) < 4.78 is 16.1. The molecule has 0 unspecified atom stereocenters. The van der Waals surface area contributed by atoms with Crippen LogP contribution in [0.15, 0.2) is 36.4 Å². The SMILES string of the molecule is CCOc1cccc(OC#N)c1COc1ccc(O)cc1Cl. The summed E-state index contributed by atoms with van der Waals surface area (Å²) in [6.45, 7) is 2.44. The smallest absolute Gasteiger partial charge is 0.292 e. The third-order valence-electron chi connectivity index (χ3n) is 2.83. The Morgan fingerprint density at radius 3 is 2.59 bits per heavy atom. The van der Waals surface area contributed by atoms with Gasteiger partial charge in [-0.3, -0.25) is 0 Å². The maximum absolute atomic E-state index is 9.33. The Kier molecular flexibility index (Phi) is 5.34. The van der Waals surface area contributed by atoms with Gasteiger partial charge in [0.2, 0.25) is 0 Å². The van der Waals surface area contributed by atoms with Crippen molar-refractivity contribution < 1.29 is 19.3 Å². The van der Waals surface area contributed by atoms with E-state index in [2.05, 4.69) is 0 Å². The first-order chi connectivity index (χ1) is 10.7. The number of rotatable bonds is 6. The number of benzene rings is 2. The molecule has 2 rings (SSSR count). The van der Waals surface area contributed by atoms with Gasteiger partial charge in [0.25, 0.3) is 6.26 Å². The molecule has 0 aliphatic rings. The summed E-state index contributed by atoms with van der Waals surface area (Å²) in [6.07, 6.45) is 1.64. The average Bonchev–Trinajstić information content (AvgIpc) is 2.49. The number of phenols is 1. The van der Waals surface area contributed by atoms with Crippen molar-refractivity contribution in [3.63, 3.8) is 0 Å². The Morgan fingerprint density at radius 2 is 1.91 bits per heavy atom. The Morgan fingerprint density at radius 1 is 1.14 bits per heavy atom.